The number of aromatic amines is 1. The van der Waals surface area contributed by atoms with Gasteiger partial charge in [0.25, 0.3) is 5.89 Å². The monoisotopic (exact) mass is 313 g/mol. The molecule has 0 bridgehead atoms. The Morgan fingerprint density at radius 1 is 1.17 bits per heavy atom. The average Bonchev–Trinajstić information content (AvgIpc) is 3.21. The van der Waals surface area contributed by atoms with Crippen LogP contribution in [0.1, 0.15) is 5.56 Å². The molecule has 0 saturated heterocycles. The van der Waals surface area contributed by atoms with Gasteiger partial charge in [0.15, 0.2) is 11.5 Å². The summed E-state index contributed by atoms with van der Waals surface area (Å²) in [6.07, 6.45) is 3.04. The lowest BCUT2D eigenvalue weighted by molar-refractivity contribution is 0.174. The van der Waals surface area contributed by atoms with E-state index in [0.29, 0.717) is 18.1 Å². The van der Waals surface area contributed by atoms with Crippen molar-refractivity contribution in [3.8, 4) is 23.0 Å². The molecule has 3 heterocycles. The summed E-state index contributed by atoms with van der Waals surface area (Å²) in [6, 6.07) is 5.71. The summed E-state index contributed by atoms with van der Waals surface area (Å²) in [6.45, 7) is 0.785. The zero-order chi connectivity index (χ0) is 15.6. The van der Waals surface area contributed by atoms with E-state index in [4.69, 9.17) is 13.9 Å². The number of anilines is 1. The molecule has 4 rings (SSSR count). The van der Waals surface area contributed by atoms with Crippen molar-refractivity contribution in [2.24, 2.45) is 0 Å². The Kier molecular flexibility index (Phi) is 3.15. The molecule has 2 aromatic heterocycles. The molecular formula is C14H11N5O4. The third kappa shape index (κ3) is 2.71. The Hall–Kier alpha value is -3.36. The second kappa shape index (κ2) is 5.44. The maximum absolute atomic E-state index is 10.9. The molecule has 0 saturated carbocycles. The Labute approximate surface area is 129 Å². The van der Waals surface area contributed by atoms with Crippen LogP contribution in [-0.2, 0) is 6.54 Å². The molecule has 0 atom stereocenters. The van der Waals surface area contributed by atoms with Crippen molar-refractivity contribution in [3.05, 3.63) is 46.7 Å². The molecule has 0 unspecified atom stereocenters. The number of benzene rings is 1. The van der Waals surface area contributed by atoms with Gasteiger partial charge in [-0.05, 0) is 17.7 Å². The molecule has 1 aliphatic rings. The molecule has 9 nitrogen and oxygen atoms in total. The van der Waals surface area contributed by atoms with Gasteiger partial charge in [-0.2, -0.15) is 0 Å². The number of nitrogens with one attached hydrogen (secondary N) is 2. The molecule has 23 heavy (non-hydrogen) atoms. The zero-order valence-corrected chi connectivity index (χ0v) is 11.8. The maximum Gasteiger partial charge on any atom is 0.434 e. The van der Waals surface area contributed by atoms with Crippen LogP contribution in [0, 0.1) is 0 Å². The summed E-state index contributed by atoms with van der Waals surface area (Å²) in [5.74, 6) is 1.45. The van der Waals surface area contributed by atoms with Crippen LogP contribution < -0.4 is 20.5 Å². The summed E-state index contributed by atoms with van der Waals surface area (Å²) in [5, 5.41) is 8.99. The fourth-order valence-corrected chi connectivity index (χ4v) is 2.12. The first-order chi connectivity index (χ1) is 11.3. The van der Waals surface area contributed by atoms with E-state index < -0.39 is 5.76 Å². The lowest BCUT2D eigenvalue weighted by atomic mass is 10.2. The normalized spacial score (nSPS) is 12.3. The minimum absolute atomic E-state index is 0.150. The molecule has 0 spiro atoms. The van der Waals surface area contributed by atoms with Crippen LogP contribution in [0.4, 0.5) is 5.95 Å². The van der Waals surface area contributed by atoms with Crippen LogP contribution in [0.25, 0.3) is 11.5 Å². The van der Waals surface area contributed by atoms with Gasteiger partial charge in [-0.15, -0.1) is 5.10 Å². The second-order valence-electron chi connectivity index (χ2n) is 4.75. The molecule has 116 valence electrons. The van der Waals surface area contributed by atoms with E-state index in [1.165, 1.54) is 12.4 Å². The van der Waals surface area contributed by atoms with Crippen molar-refractivity contribution in [1.82, 2.24) is 20.2 Å². The van der Waals surface area contributed by atoms with E-state index in [-0.39, 0.29) is 12.7 Å². The predicted molar refractivity (Wildman–Crippen MR) is 78.0 cm³/mol. The third-order valence-electron chi connectivity index (χ3n) is 3.22. The molecule has 0 radical (unpaired) electrons. The highest BCUT2D eigenvalue weighted by Crippen LogP contribution is 2.32. The van der Waals surface area contributed by atoms with Crippen LogP contribution in [-0.4, -0.2) is 27.0 Å². The van der Waals surface area contributed by atoms with Crippen LogP contribution in [0.5, 0.6) is 11.5 Å². The van der Waals surface area contributed by atoms with E-state index >= 15 is 0 Å². The van der Waals surface area contributed by atoms with E-state index in [2.05, 4.69) is 25.5 Å². The van der Waals surface area contributed by atoms with Gasteiger partial charge in [0.1, 0.15) is 0 Å². The van der Waals surface area contributed by atoms with Crippen LogP contribution >= 0.6 is 0 Å². The Morgan fingerprint density at radius 3 is 2.78 bits per heavy atom. The standard InChI is InChI=1S/C14H11N5O4/c20-14-19-18-12(23-14)9-5-16-13(17-6-9)15-4-8-1-2-10-11(3-8)22-7-21-10/h1-3,5-6H,4,7H2,(H,19,20)(H,15,16,17). The fraction of sp³-hybridized carbons (Fsp3) is 0.143. The molecule has 1 aliphatic heterocycles. The molecule has 1 aromatic carbocycles. The summed E-state index contributed by atoms with van der Waals surface area (Å²) in [7, 11) is 0. The highest BCUT2D eigenvalue weighted by Gasteiger charge is 2.13. The van der Waals surface area contributed by atoms with E-state index in [9.17, 15) is 4.79 Å². The molecular weight excluding hydrogens is 302 g/mol. The van der Waals surface area contributed by atoms with Gasteiger partial charge in [-0.1, -0.05) is 6.07 Å². The third-order valence-corrected chi connectivity index (χ3v) is 3.22. The van der Waals surface area contributed by atoms with Gasteiger partial charge >= 0.3 is 5.76 Å². The van der Waals surface area contributed by atoms with Crippen molar-refractivity contribution in [2.75, 3.05) is 12.1 Å². The molecule has 0 fully saturated rings. The number of hydrogen-bond acceptors (Lipinski definition) is 8. The SMILES string of the molecule is O=c1[nH]nc(-c2cnc(NCc3ccc4c(c3)OCO4)nc2)o1. The van der Waals surface area contributed by atoms with Crippen LogP contribution in [0.3, 0.4) is 0 Å². The summed E-state index contributed by atoms with van der Waals surface area (Å²) in [5.41, 5.74) is 1.53. The van der Waals surface area contributed by atoms with Gasteiger partial charge in [0, 0.05) is 18.9 Å². The van der Waals surface area contributed by atoms with Crippen molar-refractivity contribution in [2.45, 2.75) is 6.54 Å². The number of ether oxygens (including phenoxy) is 2. The molecule has 3 aromatic rings. The number of rotatable bonds is 4. The summed E-state index contributed by atoms with van der Waals surface area (Å²) >= 11 is 0. The van der Waals surface area contributed by atoms with Gasteiger partial charge in [-0.25, -0.2) is 19.9 Å². The van der Waals surface area contributed by atoms with E-state index in [0.717, 1.165) is 17.1 Å². The lowest BCUT2D eigenvalue weighted by Crippen LogP contribution is -2.03. The van der Waals surface area contributed by atoms with Crippen LogP contribution in [0.15, 0.2) is 39.8 Å². The topological polar surface area (TPSA) is 115 Å². The number of aromatic nitrogens is 4. The zero-order valence-electron chi connectivity index (χ0n) is 11.8. The van der Waals surface area contributed by atoms with E-state index in [1.54, 1.807) is 0 Å². The largest absolute Gasteiger partial charge is 0.454 e. The number of hydrogen-bond donors (Lipinski definition) is 2. The Bertz CT molecular complexity index is 887. The maximum atomic E-state index is 10.9. The minimum Gasteiger partial charge on any atom is -0.454 e. The van der Waals surface area contributed by atoms with Crippen molar-refractivity contribution >= 4 is 5.95 Å². The molecule has 2 N–H and O–H groups in total. The quantitative estimate of drug-likeness (QED) is 0.737. The van der Waals surface area contributed by atoms with Gasteiger partial charge in [0.05, 0.1) is 5.56 Å². The van der Waals surface area contributed by atoms with Crippen molar-refractivity contribution < 1.29 is 13.9 Å². The molecule has 0 amide bonds. The number of H-pyrrole nitrogens is 1. The fourth-order valence-electron chi connectivity index (χ4n) is 2.12. The highest BCUT2D eigenvalue weighted by atomic mass is 16.7. The predicted octanol–water partition coefficient (Wildman–Crippen LogP) is 1.16. The van der Waals surface area contributed by atoms with Crippen molar-refractivity contribution in [1.29, 1.82) is 0 Å². The highest BCUT2D eigenvalue weighted by molar-refractivity contribution is 5.50. The Morgan fingerprint density at radius 2 is 2.00 bits per heavy atom. The number of nitrogens with zero attached hydrogens (tertiary/aromatic N) is 3. The average molecular weight is 313 g/mol. The first-order valence-corrected chi connectivity index (χ1v) is 6.78. The van der Waals surface area contributed by atoms with Gasteiger partial charge in [0.2, 0.25) is 12.7 Å². The van der Waals surface area contributed by atoms with Crippen molar-refractivity contribution in [3.63, 3.8) is 0 Å². The lowest BCUT2D eigenvalue weighted by Gasteiger charge is -2.05. The smallest absolute Gasteiger partial charge is 0.434 e. The summed E-state index contributed by atoms with van der Waals surface area (Å²) < 4.78 is 15.4. The van der Waals surface area contributed by atoms with Gasteiger partial charge in [-0.3, -0.25) is 0 Å². The summed E-state index contributed by atoms with van der Waals surface area (Å²) in [4.78, 5) is 19.2. The first-order valence-electron chi connectivity index (χ1n) is 6.78. The Balaban J connectivity index is 1.44. The molecule has 0 aliphatic carbocycles. The molecule has 9 heteroatoms. The second-order valence-corrected chi connectivity index (χ2v) is 4.75. The van der Waals surface area contributed by atoms with E-state index in [1.807, 2.05) is 18.2 Å². The number of fused-ring (bicyclic) bond motifs is 1. The minimum atomic E-state index is -0.620. The van der Waals surface area contributed by atoms with Gasteiger partial charge < -0.3 is 19.2 Å². The first kappa shape index (κ1) is 13.3. The van der Waals surface area contributed by atoms with Crippen LogP contribution in [0.2, 0.25) is 0 Å².